The summed E-state index contributed by atoms with van der Waals surface area (Å²) in [6.07, 6.45) is 0.340. The number of anilines is 1. The third-order valence-electron chi connectivity index (χ3n) is 2.82. The maximum Gasteiger partial charge on any atom is 0.228 e. The lowest BCUT2D eigenvalue weighted by Gasteiger charge is -2.08. The lowest BCUT2D eigenvalue weighted by atomic mass is 10.1. The molecule has 0 atom stereocenters. The lowest BCUT2D eigenvalue weighted by Crippen LogP contribution is -2.14. The fraction of sp³-hybridized carbons (Fsp3) is 0.133. The van der Waals surface area contributed by atoms with E-state index in [0.29, 0.717) is 22.2 Å². The van der Waals surface area contributed by atoms with E-state index in [2.05, 4.69) is 5.32 Å². The zero-order valence-electron chi connectivity index (χ0n) is 10.4. The smallest absolute Gasteiger partial charge is 0.228 e. The van der Waals surface area contributed by atoms with Crippen LogP contribution in [-0.4, -0.2) is 5.91 Å². The van der Waals surface area contributed by atoms with Gasteiger partial charge in [0.15, 0.2) is 0 Å². The Morgan fingerprint density at radius 3 is 2.53 bits per heavy atom. The van der Waals surface area contributed by atoms with Gasteiger partial charge in [-0.15, -0.1) is 0 Å². The molecule has 1 amide bonds. The highest BCUT2D eigenvalue weighted by Crippen LogP contribution is 2.25. The SMILES string of the molecule is Cc1ccccc1CC(=O)Nc1ccc(Cl)c(Cl)c1. The minimum absolute atomic E-state index is 0.0762. The van der Waals surface area contributed by atoms with Crippen LogP contribution in [0, 0.1) is 6.92 Å². The first kappa shape index (κ1) is 13.9. The molecule has 19 heavy (non-hydrogen) atoms. The zero-order chi connectivity index (χ0) is 13.8. The van der Waals surface area contributed by atoms with Crippen LogP contribution in [0.15, 0.2) is 42.5 Å². The fourth-order valence-electron chi connectivity index (χ4n) is 1.76. The first-order valence-electron chi connectivity index (χ1n) is 5.85. The van der Waals surface area contributed by atoms with Crippen LogP contribution in [0.25, 0.3) is 0 Å². The molecule has 1 N–H and O–H groups in total. The summed E-state index contributed by atoms with van der Waals surface area (Å²) in [6, 6.07) is 12.8. The summed E-state index contributed by atoms with van der Waals surface area (Å²) in [7, 11) is 0. The Morgan fingerprint density at radius 2 is 1.84 bits per heavy atom. The number of carbonyl (C=O) groups is 1. The molecular weight excluding hydrogens is 281 g/mol. The van der Waals surface area contributed by atoms with E-state index in [1.54, 1.807) is 18.2 Å². The Labute approximate surface area is 122 Å². The van der Waals surface area contributed by atoms with Crippen molar-refractivity contribution < 1.29 is 4.79 Å². The molecule has 0 bridgehead atoms. The van der Waals surface area contributed by atoms with E-state index < -0.39 is 0 Å². The van der Waals surface area contributed by atoms with E-state index in [9.17, 15) is 4.79 Å². The van der Waals surface area contributed by atoms with Crippen LogP contribution in [0.2, 0.25) is 10.0 Å². The van der Waals surface area contributed by atoms with E-state index in [0.717, 1.165) is 11.1 Å². The first-order chi connectivity index (χ1) is 9.06. The standard InChI is InChI=1S/C15H13Cl2NO/c1-10-4-2-3-5-11(10)8-15(19)18-12-6-7-13(16)14(17)9-12/h2-7,9H,8H2,1H3,(H,18,19). The molecule has 0 heterocycles. The second-order valence-corrected chi connectivity index (χ2v) is 5.09. The first-order valence-corrected chi connectivity index (χ1v) is 6.61. The van der Waals surface area contributed by atoms with Gasteiger partial charge >= 0.3 is 0 Å². The maximum absolute atomic E-state index is 11.9. The Bertz CT molecular complexity index is 611. The highest BCUT2D eigenvalue weighted by molar-refractivity contribution is 6.42. The van der Waals surface area contributed by atoms with E-state index >= 15 is 0 Å². The van der Waals surface area contributed by atoms with Gasteiger partial charge in [-0.25, -0.2) is 0 Å². The molecule has 0 radical (unpaired) electrons. The van der Waals surface area contributed by atoms with Crippen molar-refractivity contribution in [3.8, 4) is 0 Å². The average molecular weight is 294 g/mol. The van der Waals surface area contributed by atoms with Crippen LogP contribution < -0.4 is 5.32 Å². The van der Waals surface area contributed by atoms with E-state index in [-0.39, 0.29) is 5.91 Å². The van der Waals surface area contributed by atoms with Crippen molar-refractivity contribution in [1.29, 1.82) is 0 Å². The quantitative estimate of drug-likeness (QED) is 0.888. The van der Waals surface area contributed by atoms with Gasteiger partial charge in [0.2, 0.25) is 5.91 Å². The number of benzene rings is 2. The molecule has 2 nitrogen and oxygen atoms in total. The molecule has 0 aliphatic carbocycles. The molecule has 0 unspecified atom stereocenters. The second kappa shape index (κ2) is 6.09. The maximum atomic E-state index is 11.9. The van der Waals surface area contributed by atoms with Crippen molar-refractivity contribution >= 4 is 34.8 Å². The van der Waals surface area contributed by atoms with Gasteiger partial charge in [0.05, 0.1) is 16.5 Å². The van der Waals surface area contributed by atoms with Gasteiger partial charge < -0.3 is 5.32 Å². The van der Waals surface area contributed by atoms with Gasteiger partial charge in [0.1, 0.15) is 0 Å². The fourth-order valence-corrected chi connectivity index (χ4v) is 2.06. The normalized spacial score (nSPS) is 10.3. The molecule has 4 heteroatoms. The van der Waals surface area contributed by atoms with Crippen LogP contribution >= 0.6 is 23.2 Å². The van der Waals surface area contributed by atoms with E-state index in [4.69, 9.17) is 23.2 Å². The van der Waals surface area contributed by atoms with Crippen molar-refractivity contribution in [3.63, 3.8) is 0 Å². The third kappa shape index (κ3) is 3.72. The summed E-state index contributed by atoms with van der Waals surface area (Å²) in [6.45, 7) is 1.99. The number of amides is 1. The van der Waals surface area contributed by atoms with Crippen LogP contribution in [0.5, 0.6) is 0 Å². The predicted molar refractivity (Wildman–Crippen MR) is 80.0 cm³/mol. The van der Waals surface area contributed by atoms with Crippen molar-refractivity contribution in [1.82, 2.24) is 0 Å². The highest BCUT2D eigenvalue weighted by atomic mass is 35.5. The molecule has 0 fully saturated rings. The Morgan fingerprint density at radius 1 is 1.11 bits per heavy atom. The number of hydrogen-bond acceptors (Lipinski definition) is 1. The summed E-state index contributed by atoms with van der Waals surface area (Å²) >= 11 is 11.7. The summed E-state index contributed by atoms with van der Waals surface area (Å²) in [5.41, 5.74) is 2.76. The minimum Gasteiger partial charge on any atom is -0.326 e. The summed E-state index contributed by atoms with van der Waals surface area (Å²) < 4.78 is 0. The van der Waals surface area contributed by atoms with E-state index in [1.165, 1.54) is 0 Å². The third-order valence-corrected chi connectivity index (χ3v) is 3.55. The largest absolute Gasteiger partial charge is 0.326 e. The van der Waals surface area contributed by atoms with Crippen LogP contribution in [-0.2, 0) is 11.2 Å². The molecule has 0 aliphatic rings. The Hall–Kier alpha value is -1.51. The van der Waals surface area contributed by atoms with Crippen molar-refractivity contribution in [2.24, 2.45) is 0 Å². The Balaban J connectivity index is 2.05. The molecule has 0 aliphatic heterocycles. The van der Waals surface area contributed by atoms with Crippen molar-refractivity contribution in [2.45, 2.75) is 13.3 Å². The lowest BCUT2D eigenvalue weighted by molar-refractivity contribution is -0.115. The van der Waals surface area contributed by atoms with Crippen LogP contribution in [0.4, 0.5) is 5.69 Å². The number of carbonyl (C=O) groups excluding carboxylic acids is 1. The summed E-state index contributed by atoms with van der Waals surface area (Å²) in [5, 5.41) is 3.70. The Kier molecular flexibility index (Phi) is 4.46. The zero-order valence-corrected chi connectivity index (χ0v) is 11.9. The average Bonchev–Trinajstić information content (AvgIpc) is 2.37. The molecular formula is C15H13Cl2NO. The number of nitrogens with one attached hydrogen (secondary N) is 1. The van der Waals surface area contributed by atoms with Gasteiger partial charge in [-0.1, -0.05) is 47.5 Å². The number of hydrogen-bond donors (Lipinski definition) is 1. The van der Waals surface area contributed by atoms with Crippen LogP contribution in [0.3, 0.4) is 0 Å². The number of aryl methyl sites for hydroxylation is 1. The summed E-state index contributed by atoms with van der Waals surface area (Å²) in [5.74, 6) is -0.0762. The van der Waals surface area contributed by atoms with E-state index in [1.807, 2.05) is 31.2 Å². The molecule has 2 aromatic carbocycles. The molecule has 98 valence electrons. The van der Waals surface area contributed by atoms with Gasteiger partial charge in [-0.3, -0.25) is 4.79 Å². The predicted octanol–water partition coefficient (Wildman–Crippen LogP) is 4.48. The van der Waals surface area contributed by atoms with Gasteiger partial charge in [-0.05, 0) is 36.2 Å². The van der Waals surface area contributed by atoms with Crippen molar-refractivity contribution in [2.75, 3.05) is 5.32 Å². The molecule has 0 saturated heterocycles. The van der Waals surface area contributed by atoms with Gasteiger partial charge in [-0.2, -0.15) is 0 Å². The minimum atomic E-state index is -0.0762. The number of rotatable bonds is 3. The second-order valence-electron chi connectivity index (χ2n) is 4.28. The monoisotopic (exact) mass is 293 g/mol. The van der Waals surface area contributed by atoms with Crippen molar-refractivity contribution in [3.05, 3.63) is 63.6 Å². The molecule has 0 aromatic heterocycles. The summed E-state index contributed by atoms with van der Waals surface area (Å²) in [4.78, 5) is 11.9. The molecule has 0 spiro atoms. The molecule has 0 saturated carbocycles. The van der Waals surface area contributed by atoms with Gasteiger partial charge in [0, 0.05) is 5.69 Å². The molecule has 2 aromatic rings. The molecule has 2 rings (SSSR count). The number of halogens is 2. The topological polar surface area (TPSA) is 29.1 Å². The highest BCUT2D eigenvalue weighted by Gasteiger charge is 2.07. The van der Waals surface area contributed by atoms with Crippen LogP contribution in [0.1, 0.15) is 11.1 Å². The van der Waals surface area contributed by atoms with Gasteiger partial charge in [0.25, 0.3) is 0 Å².